The molecule has 0 amide bonds. The second kappa shape index (κ2) is 4.26. The molecular formula is C12H9F2NO. The van der Waals surface area contributed by atoms with Crippen LogP contribution < -0.4 is 4.74 Å². The number of halogens is 2. The molecule has 0 atom stereocenters. The van der Waals surface area contributed by atoms with Crippen molar-refractivity contribution in [2.75, 3.05) is 7.11 Å². The Labute approximate surface area is 91.5 Å². The summed E-state index contributed by atoms with van der Waals surface area (Å²) in [7, 11) is 1.43. The summed E-state index contributed by atoms with van der Waals surface area (Å²) in [6.07, 6.45) is 1.06. The van der Waals surface area contributed by atoms with Crippen LogP contribution in [0.4, 0.5) is 8.78 Å². The SMILES string of the molecule is COc1ncc(F)cc1-c1cccc(F)c1. The molecule has 1 aromatic heterocycles. The van der Waals surface area contributed by atoms with Gasteiger partial charge in [-0.25, -0.2) is 13.8 Å². The maximum absolute atomic E-state index is 13.1. The summed E-state index contributed by atoms with van der Waals surface area (Å²) in [6.45, 7) is 0. The number of rotatable bonds is 2. The molecule has 1 heterocycles. The van der Waals surface area contributed by atoms with E-state index in [1.54, 1.807) is 12.1 Å². The van der Waals surface area contributed by atoms with Gasteiger partial charge in [-0.2, -0.15) is 0 Å². The van der Waals surface area contributed by atoms with Gasteiger partial charge in [0.1, 0.15) is 11.6 Å². The van der Waals surface area contributed by atoms with Gasteiger partial charge in [-0.1, -0.05) is 12.1 Å². The van der Waals surface area contributed by atoms with Crippen molar-refractivity contribution in [1.29, 1.82) is 0 Å². The first-order valence-corrected chi connectivity index (χ1v) is 4.66. The first-order valence-electron chi connectivity index (χ1n) is 4.66. The number of methoxy groups -OCH3 is 1. The highest BCUT2D eigenvalue weighted by molar-refractivity contribution is 5.68. The molecule has 0 aliphatic carbocycles. The minimum absolute atomic E-state index is 0.270. The molecule has 0 aliphatic rings. The lowest BCUT2D eigenvalue weighted by molar-refractivity contribution is 0.397. The Balaban J connectivity index is 2.58. The van der Waals surface area contributed by atoms with Gasteiger partial charge in [-0.05, 0) is 23.8 Å². The Morgan fingerprint density at radius 1 is 1.12 bits per heavy atom. The number of nitrogens with zero attached hydrogens (tertiary/aromatic N) is 1. The van der Waals surface area contributed by atoms with E-state index in [2.05, 4.69) is 4.98 Å². The number of benzene rings is 1. The maximum atomic E-state index is 13.1. The van der Waals surface area contributed by atoms with Gasteiger partial charge in [0.2, 0.25) is 5.88 Å². The van der Waals surface area contributed by atoms with Crippen LogP contribution in [0.1, 0.15) is 0 Å². The van der Waals surface area contributed by atoms with Crippen LogP contribution >= 0.6 is 0 Å². The molecule has 0 saturated carbocycles. The van der Waals surface area contributed by atoms with Crippen molar-refractivity contribution in [2.24, 2.45) is 0 Å². The first kappa shape index (κ1) is 10.5. The molecule has 82 valence electrons. The smallest absolute Gasteiger partial charge is 0.221 e. The summed E-state index contributed by atoms with van der Waals surface area (Å²) in [6, 6.07) is 7.11. The Morgan fingerprint density at radius 3 is 2.62 bits per heavy atom. The standard InChI is InChI=1S/C12H9F2NO/c1-16-12-11(6-10(14)7-15-12)8-3-2-4-9(13)5-8/h2-7H,1H3. The lowest BCUT2D eigenvalue weighted by Gasteiger charge is -2.07. The molecule has 0 N–H and O–H groups in total. The molecule has 2 rings (SSSR count). The van der Waals surface area contributed by atoms with Crippen LogP contribution in [0.3, 0.4) is 0 Å². The molecule has 0 fully saturated rings. The Kier molecular flexibility index (Phi) is 2.81. The molecule has 16 heavy (non-hydrogen) atoms. The summed E-state index contributed by atoms with van der Waals surface area (Å²) in [5, 5.41) is 0. The Hall–Kier alpha value is -1.97. The Bertz CT molecular complexity index is 514. The van der Waals surface area contributed by atoms with Crippen LogP contribution in [0.25, 0.3) is 11.1 Å². The maximum Gasteiger partial charge on any atom is 0.221 e. The van der Waals surface area contributed by atoms with E-state index in [1.165, 1.54) is 25.3 Å². The zero-order valence-corrected chi connectivity index (χ0v) is 8.58. The molecular weight excluding hydrogens is 212 g/mol. The van der Waals surface area contributed by atoms with Gasteiger partial charge >= 0.3 is 0 Å². The van der Waals surface area contributed by atoms with Crippen LogP contribution in [0, 0.1) is 11.6 Å². The third-order valence-corrected chi connectivity index (χ3v) is 2.15. The van der Waals surface area contributed by atoms with E-state index in [-0.39, 0.29) is 11.7 Å². The topological polar surface area (TPSA) is 22.1 Å². The summed E-state index contributed by atoms with van der Waals surface area (Å²) in [5.41, 5.74) is 0.964. The van der Waals surface area contributed by atoms with Crippen LogP contribution in [-0.4, -0.2) is 12.1 Å². The van der Waals surface area contributed by atoms with Gasteiger partial charge < -0.3 is 4.74 Å². The molecule has 2 aromatic rings. The van der Waals surface area contributed by atoms with Gasteiger partial charge in [0, 0.05) is 5.56 Å². The first-order chi connectivity index (χ1) is 7.70. The lowest BCUT2D eigenvalue weighted by Crippen LogP contribution is -1.93. The van der Waals surface area contributed by atoms with Crippen molar-refractivity contribution < 1.29 is 13.5 Å². The van der Waals surface area contributed by atoms with Crippen molar-refractivity contribution in [2.45, 2.75) is 0 Å². The Morgan fingerprint density at radius 2 is 1.94 bits per heavy atom. The minimum atomic E-state index is -0.486. The van der Waals surface area contributed by atoms with Gasteiger partial charge in [-0.15, -0.1) is 0 Å². The highest BCUT2D eigenvalue weighted by Crippen LogP contribution is 2.28. The molecule has 0 saturated heterocycles. The summed E-state index contributed by atoms with van der Waals surface area (Å²) in [4.78, 5) is 3.78. The quantitative estimate of drug-likeness (QED) is 0.777. The summed E-state index contributed by atoms with van der Waals surface area (Å²) in [5.74, 6) is -0.601. The van der Waals surface area contributed by atoms with Crippen molar-refractivity contribution in [3.05, 3.63) is 48.2 Å². The molecule has 0 radical (unpaired) electrons. The highest BCUT2D eigenvalue weighted by Gasteiger charge is 2.09. The van der Waals surface area contributed by atoms with Crippen molar-refractivity contribution in [3.8, 4) is 17.0 Å². The van der Waals surface area contributed by atoms with E-state index < -0.39 is 5.82 Å². The third-order valence-electron chi connectivity index (χ3n) is 2.15. The molecule has 0 spiro atoms. The van der Waals surface area contributed by atoms with Gasteiger partial charge in [-0.3, -0.25) is 0 Å². The lowest BCUT2D eigenvalue weighted by atomic mass is 10.1. The molecule has 0 aliphatic heterocycles. The highest BCUT2D eigenvalue weighted by atomic mass is 19.1. The largest absolute Gasteiger partial charge is 0.481 e. The third kappa shape index (κ3) is 2.00. The molecule has 2 nitrogen and oxygen atoms in total. The van der Waals surface area contributed by atoms with Crippen molar-refractivity contribution in [1.82, 2.24) is 4.98 Å². The van der Waals surface area contributed by atoms with Crippen LogP contribution in [-0.2, 0) is 0 Å². The molecule has 0 bridgehead atoms. The second-order valence-corrected chi connectivity index (χ2v) is 3.22. The monoisotopic (exact) mass is 221 g/mol. The molecule has 1 aromatic carbocycles. The predicted octanol–water partition coefficient (Wildman–Crippen LogP) is 3.04. The van der Waals surface area contributed by atoms with E-state index >= 15 is 0 Å². The molecule has 4 heteroatoms. The zero-order chi connectivity index (χ0) is 11.5. The summed E-state index contributed by atoms with van der Waals surface area (Å²) >= 11 is 0. The summed E-state index contributed by atoms with van der Waals surface area (Å²) < 4.78 is 31.1. The number of hydrogen-bond donors (Lipinski definition) is 0. The van der Waals surface area contributed by atoms with Gasteiger partial charge in [0.25, 0.3) is 0 Å². The van der Waals surface area contributed by atoms with Crippen LogP contribution in [0.2, 0.25) is 0 Å². The minimum Gasteiger partial charge on any atom is -0.481 e. The van der Waals surface area contributed by atoms with Crippen molar-refractivity contribution >= 4 is 0 Å². The van der Waals surface area contributed by atoms with Gasteiger partial charge in [0.05, 0.1) is 13.3 Å². The number of aromatic nitrogens is 1. The fourth-order valence-corrected chi connectivity index (χ4v) is 1.45. The predicted molar refractivity (Wildman–Crippen MR) is 56.1 cm³/mol. The number of ether oxygens (including phenoxy) is 1. The fourth-order valence-electron chi connectivity index (χ4n) is 1.45. The van der Waals surface area contributed by atoms with E-state index in [1.807, 2.05) is 0 Å². The van der Waals surface area contributed by atoms with Gasteiger partial charge in [0.15, 0.2) is 0 Å². The average molecular weight is 221 g/mol. The van der Waals surface area contributed by atoms with E-state index in [0.29, 0.717) is 11.1 Å². The van der Waals surface area contributed by atoms with Crippen LogP contribution in [0.5, 0.6) is 5.88 Å². The van der Waals surface area contributed by atoms with E-state index in [0.717, 1.165) is 6.20 Å². The number of hydrogen-bond acceptors (Lipinski definition) is 2. The second-order valence-electron chi connectivity index (χ2n) is 3.22. The zero-order valence-electron chi connectivity index (χ0n) is 8.58. The number of pyridine rings is 1. The normalized spacial score (nSPS) is 10.2. The van der Waals surface area contributed by atoms with Crippen molar-refractivity contribution in [3.63, 3.8) is 0 Å². The molecule has 0 unspecified atom stereocenters. The average Bonchev–Trinajstić information content (AvgIpc) is 2.29. The van der Waals surface area contributed by atoms with Crippen LogP contribution in [0.15, 0.2) is 36.5 Å². The fraction of sp³-hybridized carbons (Fsp3) is 0.0833. The van der Waals surface area contributed by atoms with E-state index in [9.17, 15) is 8.78 Å². The van der Waals surface area contributed by atoms with E-state index in [4.69, 9.17) is 4.74 Å².